The predicted molar refractivity (Wildman–Crippen MR) is 67.0 cm³/mol. The van der Waals surface area contributed by atoms with Crippen molar-refractivity contribution in [1.82, 2.24) is 4.90 Å². The minimum Gasteiger partial charge on any atom is -0.376 e. The van der Waals surface area contributed by atoms with Crippen molar-refractivity contribution in [3.8, 4) is 0 Å². The van der Waals surface area contributed by atoms with Gasteiger partial charge in [0.2, 0.25) is 5.91 Å². The molecule has 0 saturated heterocycles. The van der Waals surface area contributed by atoms with Gasteiger partial charge < -0.3 is 9.64 Å². The molecule has 0 aliphatic heterocycles. The normalized spacial score (nSPS) is 11.8. The van der Waals surface area contributed by atoms with Gasteiger partial charge in [-0.05, 0) is 17.1 Å². The van der Waals surface area contributed by atoms with Gasteiger partial charge in [-0.1, -0.05) is 27.4 Å². The molecular formula is C13H23NO2. The van der Waals surface area contributed by atoms with Gasteiger partial charge in [-0.2, -0.15) is 0 Å². The van der Waals surface area contributed by atoms with E-state index in [1.165, 1.54) is 11.8 Å². The van der Waals surface area contributed by atoms with Crippen molar-refractivity contribution in [2.75, 3.05) is 20.3 Å². The van der Waals surface area contributed by atoms with Crippen LogP contribution in [-0.4, -0.2) is 31.1 Å². The Morgan fingerprint density at radius 2 is 2.00 bits per heavy atom. The Bertz CT molecular complexity index is 274. The quantitative estimate of drug-likeness (QED) is 0.673. The maximum Gasteiger partial charge on any atom is 0.223 e. The second-order valence-corrected chi connectivity index (χ2v) is 5.16. The number of hydrogen-bond donors (Lipinski definition) is 0. The van der Waals surface area contributed by atoms with E-state index in [0.29, 0.717) is 13.2 Å². The Morgan fingerprint density at radius 3 is 2.44 bits per heavy atom. The molecule has 0 unspecified atom stereocenters. The minimum atomic E-state index is -0.000315. The summed E-state index contributed by atoms with van der Waals surface area (Å²) in [6.07, 6.45) is 3.50. The zero-order chi connectivity index (χ0) is 12.8. The Morgan fingerprint density at radius 1 is 1.44 bits per heavy atom. The van der Waals surface area contributed by atoms with E-state index < -0.39 is 0 Å². The fraction of sp³-hybridized carbons (Fsp3) is 0.615. The molecule has 0 aliphatic rings. The third-order valence-electron chi connectivity index (χ3n) is 1.85. The van der Waals surface area contributed by atoms with E-state index in [0.717, 1.165) is 5.57 Å². The molecule has 0 rings (SSSR count). The van der Waals surface area contributed by atoms with Crippen LogP contribution in [0, 0.1) is 5.41 Å². The molecule has 0 N–H and O–H groups in total. The molecule has 0 spiro atoms. The number of amides is 1. The summed E-state index contributed by atoms with van der Waals surface area (Å²) >= 11 is 0. The molecule has 0 bridgehead atoms. The maximum atomic E-state index is 10.9. The van der Waals surface area contributed by atoms with Crippen LogP contribution in [0.2, 0.25) is 0 Å². The van der Waals surface area contributed by atoms with E-state index in [4.69, 9.17) is 4.74 Å². The summed E-state index contributed by atoms with van der Waals surface area (Å²) in [6.45, 7) is 12.9. The lowest BCUT2D eigenvalue weighted by Gasteiger charge is -2.18. The van der Waals surface area contributed by atoms with Gasteiger partial charge in [-0.3, -0.25) is 4.79 Å². The van der Waals surface area contributed by atoms with E-state index >= 15 is 0 Å². The molecule has 92 valence electrons. The number of carbonyl (C=O) groups is 1. The van der Waals surface area contributed by atoms with Gasteiger partial charge >= 0.3 is 0 Å². The summed E-state index contributed by atoms with van der Waals surface area (Å²) in [7, 11) is 1.71. The molecule has 0 saturated carbocycles. The average Bonchev–Trinajstić information content (AvgIpc) is 2.11. The van der Waals surface area contributed by atoms with Gasteiger partial charge in [0.15, 0.2) is 0 Å². The Kier molecular flexibility index (Phi) is 6.04. The lowest BCUT2D eigenvalue weighted by Crippen LogP contribution is -2.17. The van der Waals surface area contributed by atoms with Gasteiger partial charge in [0.1, 0.15) is 0 Å². The van der Waals surface area contributed by atoms with Crippen LogP contribution in [0.5, 0.6) is 0 Å². The summed E-state index contributed by atoms with van der Waals surface area (Å²) in [5.41, 5.74) is 1.03. The summed E-state index contributed by atoms with van der Waals surface area (Å²) < 4.78 is 5.50. The molecule has 16 heavy (non-hydrogen) atoms. The molecular weight excluding hydrogens is 202 g/mol. The van der Waals surface area contributed by atoms with E-state index in [9.17, 15) is 4.79 Å². The largest absolute Gasteiger partial charge is 0.376 e. The second-order valence-electron chi connectivity index (χ2n) is 5.16. The first-order valence-electron chi connectivity index (χ1n) is 5.39. The van der Waals surface area contributed by atoms with E-state index in [1.54, 1.807) is 19.3 Å². The monoisotopic (exact) mass is 225 g/mol. The first-order chi connectivity index (χ1) is 7.22. The van der Waals surface area contributed by atoms with E-state index in [-0.39, 0.29) is 11.3 Å². The van der Waals surface area contributed by atoms with Crippen LogP contribution in [0.25, 0.3) is 0 Å². The number of hydrogen-bond acceptors (Lipinski definition) is 2. The summed E-state index contributed by atoms with van der Waals surface area (Å²) in [5, 5.41) is 0. The van der Waals surface area contributed by atoms with Crippen molar-refractivity contribution in [2.24, 2.45) is 5.41 Å². The lowest BCUT2D eigenvalue weighted by molar-refractivity contribution is -0.125. The highest BCUT2D eigenvalue weighted by Crippen LogP contribution is 2.13. The standard InChI is InChI=1S/C13H23NO2/c1-11(7-8-14(6)12(2)15)9-16-10-13(3,4)5/h7-8H,1,9-10H2,2-6H3/b8-7-. The van der Waals surface area contributed by atoms with Gasteiger partial charge in [0.25, 0.3) is 0 Å². The van der Waals surface area contributed by atoms with Crippen LogP contribution in [0.4, 0.5) is 0 Å². The lowest BCUT2D eigenvalue weighted by atomic mass is 9.99. The van der Waals surface area contributed by atoms with Crippen LogP contribution >= 0.6 is 0 Å². The molecule has 0 aromatic rings. The van der Waals surface area contributed by atoms with Crippen molar-refractivity contribution in [3.63, 3.8) is 0 Å². The number of ether oxygens (including phenoxy) is 1. The molecule has 0 heterocycles. The summed E-state index contributed by atoms with van der Waals surface area (Å²) in [5.74, 6) is -0.000315. The predicted octanol–water partition coefficient (Wildman–Crippen LogP) is 2.60. The zero-order valence-corrected chi connectivity index (χ0v) is 11.0. The number of carbonyl (C=O) groups excluding carboxylic acids is 1. The van der Waals surface area contributed by atoms with E-state index in [2.05, 4.69) is 27.4 Å². The number of rotatable bonds is 5. The van der Waals surface area contributed by atoms with Crippen molar-refractivity contribution in [2.45, 2.75) is 27.7 Å². The molecule has 3 nitrogen and oxygen atoms in total. The highest BCUT2D eigenvalue weighted by molar-refractivity contribution is 5.73. The van der Waals surface area contributed by atoms with Crippen molar-refractivity contribution in [3.05, 3.63) is 24.4 Å². The summed E-state index contributed by atoms with van der Waals surface area (Å²) in [4.78, 5) is 12.4. The Balaban J connectivity index is 3.88. The maximum absolute atomic E-state index is 10.9. The summed E-state index contributed by atoms with van der Waals surface area (Å²) in [6, 6.07) is 0. The van der Waals surface area contributed by atoms with Gasteiger partial charge in [-0.15, -0.1) is 0 Å². The SMILES string of the molecule is C=C(/C=C\N(C)C(C)=O)COCC(C)(C)C. The molecule has 0 fully saturated rings. The van der Waals surface area contributed by atoms with Crippen LogP contribution in [0.1, 0.15) is 27.7 Å². The fourth-order valence-electron chi connectivity index (χ4n) is 0.859. The minimum absolute atomic E-state index is 0.000315. The molecule has 0 atom stereocenters. The first kappa shape index (κ1) is 14.9. The van der Waals surface area contributed by atoms with Gasteiger partial charge in [0, 0.05) is 20.2 Å². The molecule has 0 radical (unpaired) electrons. The Labute approximate surface area is 98.8 Å². The average molecular weight is 225 g/mol. The highest BCUT2D eigenvalue weighted by atomic mass is 16.5. The number of nitrogens with zero attached hydrogens (tertiary/aromatic N) is 1. The molecule has 0 aromatic heterocycles. The van der Waals surface area contributed by atoms with Crippen LogP contribution in [-0.2, 0) is 9.53 Å². The zero-order valence-electron chi connectivity index (χ0n) is 11.0. The third-order valence-corrected chi connectivity index (χ3v) is 1.85. The van der Waals surface area contributed by atoms with Gasteiger partial charge in [0.05, 0.1) is 13.2 Å². The van der Waals surface area contributed by atoms with Crippen LogP contribution in [0.3, 0.4) is 0 Å². The second kappa shape index (κ2) is 6.48. The van der Waals surface area contributed by atoms with Crippen molar-refractivity contribution < 1.29 is 9.53 Å². The highest BCUT2D eigenvalue weighted by Gasteiger charge is 2.09. The molecule has 3 heteroatoms. The third kappa shape index (κ3) is 8.24. The smallest absolute Gasteiger partial charge is 0.223 e. The Hall–Kier alpha value is -1.09. The first-order valence-corrected chi connectivity index (χ1v) is 5.39. The van der Waals surface area contributed by atoms with Crippen LogP contribution in [0.15, 0.2) is 24.4 Å². The van der Waals surface area contributed by atoms with E-state index in [1.807, 2.05) is 0 Å². The van der Waals surface area contributed by atoms with Crippen LogP contribution < -0.4 is 0 Å². The van der Waals surface area contributed by atoms with Crippen molar-refractivity contribution >= 4 is 5.91 Å². The van der Waals surface area contributed by atoms with Gasteiger partial charge in [-0.25, -0.2) is 0 Å². The molecule has 0 aromatic carbocycles. The fourth-order valence-corrected chi connectivity index (χ4v) is 0.859. The molecule has 1 amide bonds. The van der Waals surface area contributed by atoms with Crippen molar-refractivity contribution in [1.29, 1.82) is 0 Å². The molecule has 0 aliphatic carbocycles. The topological polar surface area (TPSA) is 29.5 Å².